The zero-order valence-corrected chi connectivity index (χ0v) is 12.6. The second-order valence-corrected chi connectivity index (χ2v) is 4.57. The van der Waals surface area contributed by atoms with Crippen molar-refractivity contribution in [3.63, 3.8) is 0 Å². The van der Waals surface area contributed by atoms with Crippen LogP contribution in [0.2, 0.25) is 0 Å². The van der Waals surface area contributed by atoms with E-state index in [9.17, 15) is 9.59 Å². The summed E-state index contributed by atoms with van der Waals surface area (Å²) < 4.78 is 4.85. The summed E-state index contributed by atoms with van der Waals surface area (Å²) in [7, 11) is 1.59. The molecule has 6 heteroatoms. The predicted molar refractivity (Wildman–Crippen MR) is 83.4 cm³/mol. The number of amides is 2. The molecule has 0 bridgehead atoms. The summed E-state index contributed by atoms with van der Waals surface area (Å²) in [6.07, 6.45) is 1.34. The number of hydrogen-bond donors (Lipinski definition) is 3. The van der Waals surface area contributed by atoms with Crippen LogP contribution in [0.4, 0.5) is 11.4 Å². The molecule has 0 fully saturated rings. The van der Waals surface area contributed by atoms with E-state index in [1.165, 1.54) is 0 Å². The van der Waals surface area contributed by atoms with Crippen LogP contribution in [-0.2, 0) is 14.3 Å². The molecule has 0 aliphatic heterocycles. The molecule has 0 heterocycles. The van der Waals surface area contributed by atoms with Gasteiger partial charge in [-0.3, -0.25) is 9.59 Å². The number of methoxy groups -OCH3 is 1. The van der Waals surface area contributed by atoms with Crippen molar-refractivity contribution in [1.82, 2.24) is 5.32 Å². The third-order valence-corrected chi connectivity index (χ3v) is 2.73. The van der Waals surface area contributed by atoms with Crippen LogP contribution in [0.15, 0.2) is 24.3 Å². The number of carbonyl (C=O) groups excluding carboxylic acids is 2. The van der Waals surface area contributed by atoms with Gasteiger partial charge in [-0.15, -0.1) is 0 Å². The van der Waals surface area contributed by atoms with E-state index in [1.54, 1.807) is 19.2 Å². The van der Waals surface area contributed by atoms with Gasteiger partial charge in [0.1, 0.15) is 0 Å². The van der Waals surface area contributed by atoms with Crippen molar-refractivity contribution < 1.29 is 14.3 Å². The van der Waals surface area contributed by atoms with Gasteiger partial charge >= 0.3 is 0 Å². The highest BCUT2D eigenvalue weighted by atomic mass is 16.5. The van der Waals surface area contributed by atoms with Gasteiger partial charge in [0.15, 0.2) is 0 Å². The number of ether oxygens (including phenoxy) is 1. The van der Waals surface area contributed by atoms with E-state index in [-0.39, 0.29) is 18.4 Å². The lowest BCUT2D eigenvalue weighted by Gasteiger charge is -2.09. The standard InChI is InChI=1S/C15H23N3O3/c1-3-4-14(19)18-13-7-5-12(6-8-13)17-11-15(20)16-9-10-21-2/h5-8,17H,3-4,9-11H2,1-2H3,(H,16,20)(H,18,19). The minimum absolute atomic E-state index is 0.00994. The maximum Gasteiger partial charge on any atom is 0.239 e. The van der Waals surface area contributed by atoms with Crippen LogP contribution in [0.25, 0.3) is 0 Å². The Balaban J connectivity index is 2.33. The summed E-state index contributed by atoms with van der Waals surface area (Å²) in [5.74, 6) is -0.0805. The van der Waals surface area contributed by atoms with Gasteiger partial charge in [0, 0.05) is 31.5 Å². The Kier molecular flexibility index (Phi) is 7.89. The third kappa shape index (κ3) is 7.31. The molecule has 0 aliphatic carbocycles. The lowest BCUT2D eigenvalue weighted by Crippen LogP contribution is -2.32. The van der Waals surface area contributed by atoms with E-state index in [4.69, 9.17) is 4.74 Å². The molecule has 0 spiro atoms. The molecule has 0 aromatic heterocycles. The molecule has 0 saturated carbocycles. The molecule has 0 aliphatic rings. The second-order valence-electron chi connectivity index (χ2n) is 4.57. The van der Waals surface area contributed by atoms with Gasteiger partial charge in [-0.25, -0.2) is 0 Å². The molecule has 0 atom stereocenters. The molecule has 2 amide bonds. The summed E-state index contributed by atoms with van der Waals surface area (Å²) >= 11 is 0. The third-order valence-electron chi connectivity index (χ3n) is 2.73. The minimum atomic E-state index is -0.0904. The van der Waals surface area contributed by atoms with Crippen molar-refractivity contribution in [2.45, 2.75) is 19.8 Å². The Bertz CT molecular complexity index is 446. The van der Waals surface area contributed by atoms with Crippen molar-refractivity contribution in [3.8, 4) is 0 Å². The fraction of sp³-hybridized carbons (Fsp3) is 0.467. The first kappa shape index (κ1) is 17.0. The fourth-order valence-corrected chi connectivity index (χ4v) is 1.66. The quantitative estimate of drug-likeness (QED) is 0.604. The lowest BCUT2D eigenvalue weighted by molar-refractivity contribution is -0.119. The van der Waals surface area contributed by atoms with E-state index < -0.39 is 0 Å². The Morgan fingerprint density at radius 3 is 2.38 bits per heavy atom. The zero-order valence-electron chi connectivity index (χ0n) is 12.6. The van der Waals surface area contributed by atoms with Crippen molar-refractivity contribution in [1.29, 1.82) is 0 Å². The predicted octanol–water partition coefficient (Wildman–Crippen LogP) is 1.60. The first-order valence-electron chi connectivity index (χ1n) is 7.05. The number of anilines is 2. The summed E-state index contributed by atoms with van der Waals surface area (Å²) in [5, 5.41) is 8.54. The van der Waals surface area contributed by atoms with Crippen LogP contribution in [0.5, 0.6) is 0 Å². The molecule has 1 aromatic carbocycles. The van der Waals surface area contributed by atoms with E-state index in [0.717, 1.165) is 17.8 Å². The molecule has 0 radical (unpaired) electrons. The summed E-state index contributed by atoms with van der Waals surface area (Å²) in [5.41, 5.74) is 1.58. The molecule has 0 saturated heterocycles. The maximum atomic E-state index is 11.5. The number of rotatable bonds is 9. The number of benzene rings is 1. The van der Waals surface area contributed by atoms with Gasteiger partial charge in [-0.05, 0) is 30.7 Å². The molecular formula is C15H23N3O3. The summed E-state index contributed by atoms with van der Waals surface area (Å²) in [4.78, 5) is 22.9. The Morgan fingerprint density at radius 1 is 1.10 bits per heavy atom. The second kappa shape index (κ2) is 9.77. The SMILES string of the molecule is CCCC(=O)Nc1ccc(NCC(=O)NCCOC)cc1. The van der Waals surface area contributed by atoms with Gasteiger partial charge in [0.05, 0.1) is 13.2 Å². The molecule has 3 N–H and O–H groups in total. The van der Waals surface area contributed by atoms with Gasteiger partial charge in [0.2, 0.25) is 11.8 Å². The number of hydrogen-bond acceptors (Lipinski definition) is 4. The molecular weight excluding hydrogens is 270 g/mol. The van der Waals surface area contributed by atoms with Crippen molar-refractivity contribution in [2.75, 3.05) is 37.4 Å². The monoisotopic (exact) mass is 293 g/mol. The van der Waals surface area contributed by atoms with E-state index in [2.05, 4.69) is 16.0 Å². The van der Waals surface area contributed by atoms with Crippen LogP contribution in [0.3, 0.4) is 0 Å². The fourth-order valence-electron chi connectivity index (χ4n) is 1.66. The first-order chi connectivity index (χ1) is 10.2. The molecule has 1 aromatic rings. The van der Waals surface area contributed by atoms with Crippen molar-refractivity contribution in [2.24, 2.45) is 0 Å². The summed E-state index contributed by atoms with van der Waals surface area (Å²) in [6, 6.07) is 7.26. The minimum Gasteiger partial charge on any atom is -0.383 e. The Hall–Kier alpha value is -2.08. The van der Waals surface area contributed by atoms with Crippen LogP contribution < -0.4 is 16.0 Å². The highest BCUT2D eigenvalue weighted by Gasteiger charge is 2.02. The number of carbonyl (C=O) groups is 2. The van der Waals surface area contributed by atoms with Crippen molar-refractivity contribution >= 4 is 23.2 Å². The average Bonchev–Trinajstić information content (AvgIpc) is 2.47. The van der Waals surface area contributed by atoms with Crippen LogP contribution in [0, 0.1) is 0 Å². The van der Waals surface area contributed by atoms with Gasteiger partial charge < -0.3 is 20.7 Å². The van der Waals surface area contributed by atoms with Crippen LogP contribution >= 0.6 is 0 Å². The molecule has 21 heavy (non-hydrogen) atoms. The largest absolute Gasteiger partial charge is 0.383 e. The lowest BCUT2D eigenvalue weighted by atomic mass is 10.2. The van der Waals surface area contributed by atoms with E-state index in [1.807, 2.05) is 19.1 Å². The van der Waals surface area contributed by atoms with Crippen LogP contribution in [-0.4, -0.2) is 38.6 Å². The topological polar surface area (TPSA) is 79.5 Å². The Labute approximate surface area is 125 Å². The number of nitrogens with one attached hydrogen (secondary N) is 3. The van der Waals surface area contributed by atoms with Gasteiger partial charge in [0.25, 0.3) is 0 Å². The average molecular weight is 293 g/mol. The first-order valence-corrected chi connectivity index (χ1v) is 7.05. The zero-order chi connectivity index (χ0) is 15.5. The highest BCUT2D eigenvalue weighted by molar-refractivity contribution is 5.90. The van der Waals surface area contributed by atoms with Crippen molar-refractivity contribution in [3.05, 3.63) is 24.3 Å². The smallest absolute Gasteiger partial charge is 0.239 e. The molecule has 6 nitrogen and oxygen atoms in total. The summed E-state index contributed by atoms with van der Waals surface area (Å²) in [6.45, 7) is 3.16. The van der Waals surface area contributed by atoms with Crippen LogP contribution in [0.1, 0.15) is 19.8 Å². The van der Waals surface area contributed by atoms with Gasteiger partial charge in [-0.2, -0.15) is 0 Å². The highest BCUT2D eigenvalue weighted by Crippen LogP contribution is 2.13. The molecule has 116 valence electrons. The Morgan fingerprint density at radius 2 is 1.76 bits per heavy atom. The normalized spacial score (nSPS) is 10.0. The van der Waals surface area contributed by atoms with Gasteiger partial charge in [-0.1, -0.05) is 6.92 Å². The molecule has 1 rings (SSSR count). The van der Waals surface area contributed by atoms with E-state index >= 15 is 0 Å². The molecule has 0 unspecified atom stereocenters. The van der Waals surface area contributed by atoms with E-state index in [0.29, 0.717) is 19.6 Å². The maximum absolute atomic E-state index is 11.5.